The standard InChI is InChI=1S/C17H23NO2S/c1-13(2)17-16(14-5-3-4-6-15(14)21-17)20-12-9-18-7-10-19-11-8-18/h3-6,13H,7-12H2,1-2H3. The second kappa shape index (κ2) is 6.77. The molecule has 1 aliphatic rings. The van der Waals surface area contributed by atoms with Gasteiger partial charge in [0.15, 0.2) is 0 Å². The van der Waals surface area contributed by atoms with Crippen molar-refractivity contribution in [2.45, 2.75) is 19.8 Å². The van der Waals surface area contributed by atoms with Gasteiger partial charge < -0.3 is 9.47 Å². The number of benzene rings is 1. The van der Waals surface area contributed by atoms with Crippen LogP contribution in [0.4, 0.5) is 0 Å². The molecule has 1 saturated heterocycles. The molecule has 0 spiro atoms. The van der Waals surface area contributed by atoms with Crippen LogP contribution in [0.1, 0.15) is 24.6 Å². The Morgan fingerprint density at radius 2 is 2.00 bits per heavy atom. The molecule has 21 heavy (non-hydrogen) atoms. The van der Waals surface area contributed by atoms with E-state index in [1.807, 2.05) is 11.3 Å². The zero-order valence-corrected chi connectivity index (χ0v) is 13.6. The van der Waals surface area contributed by atoms with Gasteiger partial charge in [-0.15, -0.1) is 11.3 Å². The molecular formula is C17H23NO2S. The van der Waals surface area contributed by atoms with Crippen LogP contribution in [0, 0.1) is 0 Å². The summed E-state index contributed by atoms with van der Waals surface area (Å²) in [6.07, 6.45) is 0. The number of thiophene rings is 1. The van der Waals surface area contributed by atoms with Crippen LogP contribution in [0.2, 0.25) is 0 Å². The van der Waals surface area contributed by atoms with E-state index in [9.17, 15) is 0 Å². The fraction of sp³-hybridized carbons (Fsp3) is 0.529. The predicted octanol–water partition coefficient (Wildman–Crippen LogP) is 3.74. The van der Waals surface area contributed by atoms with Crippen molar-refractivity contribution in [3.05, 3.63) is 29.1 Å². The zero-order chi connectivity index (χ0) is 14.7. The van der Waals surface area contributed by atoms with E-state index in [1.54, 1.807) is 0 Å². The van der Waals surface area contributed by atoms with Gasteiger partial charge in [0.1, 0.15) is 12.4 Å². The van der Waals surface area contributed by atoms with E-state index in [4.69, 9.17) is 9.47 Å². The summed E-state index contributed by atoms with van der Waals surface area (Å²) in [5.41, 5.74) is 0. The van der Waals surface area contributed by atoms with E-state index in [0.717, 1.165) is 45.2 Å². The molecule has 0 saturated carbocycles. The molecule has 3 rings (SSSR count). The lowest BCUT2D eigenvalue weighted by atomic mass is 10.1. The van der Waals surface area contributed by atoms with Gasteiger partial charge in [-0.3, -0.25) is 4.90 Å². The van der Waals surface area contributed by atoms with Crippen LogP contribution in [-0.2, 0) is 4.74 Å². The van der Waals surface area contributed by atoms with Crippen molar-refractivity contribution in [2.75, 3.05) is 39.5 Å². The van der Waals surface area contributed by atoms with E-state index in [0.29, 0.717) is 5.92 Å². The third kappa shape index (κ3) is 3.39. The Morgan fingerprint density at radius 3 is 2.76 bits per heavy atom. The molecular weight excluding hydrogens is 282 g/mol. The molecule has 0 amide bonds. The molecule has 1 aromatic carbocycles. The minimum atomic E-state index is 0.501. The van der Waals surface area contributed by atoms with Crippen molar-refractivity contribution in [2.24, 2.45) is 0 Å². The molecule has 0 aliphatic carbocycles. The van der Waals surface area contributed by atoms with E-state index in [-0.39, 0.29) is 0 Å². The van der Waals surface area contributed by atoms with Crippen LogP contribution < -0.4 is 4.74 Å². The summed E-state index contributed by atoms with van der Waals surface area (Å²) >= 11 is 1.86. The molecule has 1 aliphatic heterocycles. The Labute approximate surface area is 130 Å². The molecule has 2 heterocycles. The number of hydrogen-bond acceptors (Lipinski definition) is 4. The Morgan fingerprint density at radius 1 is 1.24 bits per heavy atom. The molecule has 0 atom stereocenters. The topological polar surface area (TPSA) is 21.7 Å². The van der Waals surface area contributed by atoms with Crippen molar-refractivity contribution < 1.29 is 9.47 Å². The molecule has 2 aromatic rings. The summed E-state index contributed by atoms with van der Waals surface area (Å²) < 4.78 is 12.9. The van der Waals surface area contributed by atoms with Crippen LogP contribution in [0.15, 0.2) is 24.3 Å². The van der Waals surface area contributed by atoms with E-state index in [2.05, 4.69) is 43.0 Å². The van der Waals surface area contributed by atoms with Crippen molar-refractivity contribution in [1.82, 2.24) is 4.90 Å². The summed E-state index contributed by atoms with van der Waals surface area (Å²) in [6, 6.07) is 8.54. The van der Waals surface area contributed by atoms with Gasteiger partial charge in [0.25, 0.3) is 0 Å². The van der Waals surface area contributed by atoms with E-state index >= 15 is 0 Å². The number of fused-ring (bicyclic) bond motifs is 1. The third-order valence-electron chi connectivity index (χ3n) is 3.86. The van der Waals surface area contributed by atoms with E-state index in [1.165, 1.54) is 15.0 Å². The largest absolute Gasteiger partial charge is 0.490 e. The molecule has 4 heteroatoms. The highest BCUT2D eigenvalue weighted by atomic mass is 32.1. The average Bonchev–Trinajstić information content (AvgIpc) is 2.88. The molecule has 114 valence electrons. The Bertz CT molecular complexity index is 587. The first-order chi connectivity index (χ1) is 10.3. The lowest BCUT2D eigenvalue weighted by molar-refractivity contribution is 0.0323. The summed E-state index contributed by atoms with van der Waals surface area (Å²) in [4.78, 5) is 3.77. The van der Waals surface area contributed by atoms with Gasteiger partial charge in [-0.25, -0.2) is 0 Å². The molecule has 0 radical (unpaired) electrons. The average molecular weight is 305 g/mol. The van der Waals surface area contributed by atoms with Crippen molar-refractivity contribution in [1.29, 1.82) is 0 Å². The lowest BCUT2D eigenvalue weighted by Gasteiger charge is -2.26. The SMILES string of the molecule is CC(C)c1sc2ccccc2c1OCCN1CCOCC1. The maximum Gasteiger partial charge on any atom is 0.141 e. The normalized spacial score (nSPS) is 16.7. The number of rotatable bonds is 5. The fourth-order valence-electron chi connectivity index (χ4n) is 2.67. The molecule has 1 fully saturated rings. The predicted molar refractivity (Wildman–Crippen MR) is 88.7 cm³/mol. The van der Waals surface area contributed by atoms with Gasteiger partial charge in [0.05, 0.1) is 18.1 Å². The summed E-state index contributed by atoms with van der Waals surface area (Å²) in [7, 11) is 0. The smallest absolute Gasteiger partial charge is 0.141 e. The van der Waals surface area contributed by atoms with Crippen LogP contribution in [0.25, 0.3) is 10.1 Å². The number of morpholine rings is 1. The Balaban J connectivity index is 1.71. The lowest BCUT2D eigenvalue weighted by Crippen LogP contribution is -2.38. The van der Waals surface area contributed by atoms with Gasteiger partial charge >= 0.3 is 0 Å². The molecule has 3 nitrogen and oxygen atoms in total. The van der Waals surface area contributed by atoms with E-state index < -0.39 is 0 Å². The Hall–Kier alpha value is -1.10. The highest BCUT2D eigenvalue weighted by Gasteiger charge is 2.16. The van der Waals surface area contributed by atoms with Gasteiger partial charge in [-0.05, 0) is 18.1 Å². The highest BCUT2D eigenvalue weighted by molar-refractivity contribution is 7.19. The van der Waals surface area contributed by atoms with Crippen LogP contribution in [-0.4, -0.2) is 44.4 Å². The maximum absolute atomic E-state index is 6.18. The number of ether oxygens (including phenoxy) is 2. The summed E-state index contributed by atoms with van der Waals surface area (Å²) in [6.45, 7) is 9.93. The monoisotopic (exact) mass is 305 g/mol. The van der Waals surface area contributed by atoms with Gasteiger partial charge in [0, 0.05) is 29.7 Å². The first-order valence-electron chi connectivity index (χ1n) is 7.70. The Kier molecular flexibility index (Phi) is 4.78. The maximum atomic E-state index is 6.18. The number of hydrogen-bond donors (Lipinski definition) is 0. The summed E-state index contributed by atoms with van der Waals surface area (Å²) in [5, 5.41) is 1.26. The van der Waals surface area contributed by atoms with Crippen molar-refractivity contribution in [3.63, 3.8) is 0 Å². The fourth-order valence-corrected chi connectivity index (χ4v) is 3.82. The number of nitrogens with zero attached hydrogens (tertiary/aromatic N) is 1. The quantitative estimate of drug-likeness (QED) is 0.840. The van der Waals surface area contributed by atoms with Crippen molar-refractivity contribution in [3.8, 4) is 5.75 Å². The van der Waals surface area contributed by atoms with Gasteiger partial charge in [-0.1, -0.05) is 26.0 Å². The summed E-state index contributed by atoms with van der Waals surface area (Å²) in [5.74, 6) is 1.60. The van der Waals surface area contributed by atoms with Crippen LogP contribution in [0.5, 0.6) is 5.75 Å². The van der Waals surface area contributed by atoms with Gasteiger partial charge in [0.2, 0.25) is 0 Å². The van der Waals surface area contributed by atoms with Crippen LogP contribution >= 0.6 is 11.3 Å². The zero-order valence-electron chi connectivity index (χ0n) is 12.8. The third-order valence-corrected chi connectivity index (χ3v) is 5.31. The molecule has 0 bridgehead atoms. The molecule has 0 N–H and O–H groups in total. The highest BCUT2D eigenvalue weighted by Crippen LogP contribution is 2.41. The first-order valence-corrected chi connectivity index (χ1v) is 8.51. The second-order valence-corrected chi connectivity index (χ2v) is 6.83. The van der Waals surface area contributed by atoms with Gasteiger partial charge in [-0.2, -0.15) is 0 Å². The van der Waals surface area contributed by atoms with Crippen LogP contribution in [0.3, 0.4) is 0 Å². The minimum absolute atomic E-state index is 0.501. The minimum Gasteiger partial charge on any atom is -0.490 e. The molecule has 1 aromatic heterocycles. The molecule has 0 unspecified atom stereocenters. The second-order valence-electron chi connectivity index (χ2n) is 5.75. The first kappa shape index (κ1) is 14.8. The van der Waals surface area contributed by atoms with Crippen molar-refractivity contribution >= 4 is 21.4 Å².